The van der Waals surface area contributed by atoms with Crippen LogP contribution < -0.4 is 4.74 Å². The van der Waals surface area contributed by atoms with Gasteiger partial charge in [-0.2, -0.15) is 9.97 Å². The van der Waals surface area contributed by atoms with Crippen molar-refractivity contribution < 1.29 is 4.74 Å². The summed E-state index contributed by atoms with van der Waals surface area (Å²) in [5.41, 5.74) is 0. The van der Waals surface area contributed by atoms with Crippen molar-refractivity contribution in [1.29, 1.82) is 0 Å². The Morgan fingerprint density at radius 1 is 1.18 bits per heavy atom. The Morgan fingerprint density at radius 3 is 2.29 bits per heavy atom. The van der Waals surface area contributed by atoms with Crippen molar-refractivity contribution >= 4 is 35.0 Å². The van der Waals surface area contributed by atoms with E-state index >= 15 is 0 Å². The fraction of sp³-hybridized carbons (Fsp3) is 0.700. The van der Waals surface area contributed by atoms with Crippen molar-refractivity contribution in [1.82, 2.24) is 15.0 Å². The Kier molecular flexibility index (Phi) is 6.30. The van der Waals surface area contributed by atoms with Crippen LogP contribution >= 0.6 is 35.0 Å². The molecule has 1 heterocycles. The van der Waals surface area contributed by atoms with Gasteiger partial charge in [0, 0.05) is 5.92 Å². The highest BCUT2D eigenvalue weighted by Crippen LogP contribution is 2.18. The quantitative estimate of drug-likeness (QED) is 0.596. The number of rotatable bonds is 6. The zero-order chi connectivity index (χ0) is 12.8. The first-order chi connectivity index (χ1) is 8.10. The van der Waals surface area contributed by atoms with Crippen molar-refractivity contribution in [2.24, 2.45) is 0 Å². The predicted octanol–water partition coefficient (Wildman–Crippen LogP) is 2.94. The van der Waals surface area contributed by atoms with Crippen molar-refractivity contribution in [3.05, 3.63) is 5.82 Å². The molecule has 0 saturated heterocycles. The zero-order valence-electron chi connectivity index (χ0n) is 9.98. The zero-order valence-corrected chi connectivity index (χ0v) is 12.3. The first kappa shape index (κ1) is 14.8. The van der Waals surface area contributed by atoms with E-state index in [2.05, 4.69) is 15.0 Å². The highest BCUT2D eigenvalue weighted by molar-refractivity contribution is 7.98. The van der Waals surface area contributed by atoms with E-state index in [-0.39, 0.29) is 12.0 Å². The van der Waals surface area contributed by atoms with Crippen molar-refractivity contribution in [3.63, 3.8) is 0 Å². The topological polar surface area (TPSA) is 47.9 Å². The maximum atomic E-state index is 5.71. The predicted molar refractivity (Wildman–Crippen MR) is 71.6 cm³/mol. The number of nitrogens with zero attached hydrogens (tertiary/aromatic N) is 3. The Balaban J connectivity index is 2.94. The molecule has 0 atom stereocenters. The van der Waals surface area contributed by atoms with Gasteiger partial charge in [-0.1, -0.05) is 25.6 Å². The molecule has 0 aliphatic heterocycles. The van der Waals surface area contributed by atoms with E-state index in [0.717, 1.165) is 0 Å². The van der Waals surface area contributed by atoms with Crippen LogP contribution in [0.1, 0.15) is 25.6 Å². The Bertz CT molecular complexity index is 361. The summed E-state index contributed by atoms with van der Waals surface area (Å²) in [4.78, 5) is 12.7. The van der Waals surface area contributed by atoms with Crippen LogP contribution in [0.5, 0.6) is 6.01 Å². The van der Waals surface area contributed by atoms with Crippen LogP contribution in [-0.4, -0.2) is 39.1 Å². The third kappa shape index (κ3) is 4.48. The molecular weight excluding hydrogens is 281 g/mol. The van der Waals surface area contributed by atoms with E-state index in [1.54, 1.807) is 0 Å². The number of ether oxygens (including phenoxy) is 1. The molecule has 0 aliphatic carbocycles. The van der Waals surface area contributed by atoms with Gasteiger partial charge in [-0.3, -0.25) is 0 Å². The minimum Gasteiger partial charge on any atom is -0.457 e. The first-order valence-corrected chi connectivity index (χ1v) is 7.48. The monoisotopic (exact) mass is 295 g/mol. The average molecular weight is 296 g/mol. The van der Waals surface area contributed by atoms with Gasteiger partial charge in [0.2, 0.25) is 0 Å². The molecule has 0 spiro atoms. The van der Waals surface area contributed by atoms with Gasteiger partial charge in [-0.05, 0) is 6.26 Å². The molecule has 1 aromatic heterocycles. The second-order valence-corrected chi connectivity index (χ2v) is 5.06. The Hall–Kier alpha value is -0.260. The Morgan fingerprint density at radius 2 is 1.82 bits per heavy atom. The SMILES string of the molecule is CSc1nc(OC(CCl)CCl)nc(C(C)C)n1. The molecular formula is C10H15Cl2N3OS. The van der Waals surface area contributed by atoms with E-state index in [1.807, 2.05) is 20.1 Å². The van der Waals surface area contributed by atoms with E-state index in [4.69, 9.17) is 27.9 Å². The molecule has 0 N–H and O–H groups in total. The molecule has 17 heavy (non-hydrogen) atoms. The van der Waals surface area contributed by atoms with Crippen LogP contribution in [-0.2, 0) is 0 Å². The van der Waals surface area contributed by atoms with Gasteiger partial charge in [0.25, 0.3) is 0 Å². The van der Waals surface area contributed by atoms with Crippen LogP contribution in [0.25, 0.3) is 0 Å². The number of hydrogen-bond donors (Lipinski definition) is 0. The molecule has 0 radical (unpaired) electrons. The van der Waals surface area contributed by atoms with Crippen LogP contribution in [0.4, 0.5) is 0 Å². The molecule has 7 heteroatoms. The van der Waals surface area contributed by atoms with Gasteiger partial charge >= 0.3 is 6.01 Å². The normalized spacial score (nSPS) is 11.2. The minimum absolute atomic E-state index is 0.219. The molecule has 0 aromatic carbocycles. The van der Waals surface area contributed by atoms with Gasteiger partial charge < -0.3 is 4.74 Å². The minimum atomic E-state index is -0.282. The second-order valence-electron chi connectivity index (χ2n) is 3.67. The van der Waals surface area contributed by atoms with Gasteiger partial charge in [-0.25, -0.2) is 4.98 Å². The lowest BCUT2D eigenvalue weighted by Gasteiger charge is -2.13. The molecule has 96 valence electrons. The summed E-state index contributed by atoms with van der Waals surface area (Å²) in [6, 6.07) is 0.291. The summed E-state index contributed by atoms with van der Waals surface area (Å²) in [5, 5.41) is 0.640. The molecule has 0 fully saturated rings. The van der Waals surface area contributed by atoms with E-state index in [9.17, 15) is 0 Å². The summed E-state index contributed by atoms with van der Waals surface area (Å²) >= 11 is 12.9. The molecule has 0 saturated carbocycles. The summed E-state index contributed by atoms with van der Waals surface area (Å²) in [6.07, 6.45) is 1.62. The summed E-state index contributed by atoms with van der Waals surface area (Å²) < 4.78 is 5.51. The van der Waals surface area contributed by atoms with Crippen molar-refractivity contribution in [2.45, 2.75) is 31.0 Å². The fourth-order valence-corrected chi connectivity index (χ4v) is 1.82. The standard InChI is InChI=1S/C10H15Cl2N3OS/c1-6(2)8-13-9(15-10(14-8)17-3)16-7(4-11)5-12/h6-7H,4-5H2,1-3H3. The molecule has 0 bridgehead atoms. The van der Waals surface area contributed by atoms with E-state index < -0.39 is 0 Å². The van der Waals surface area contributed by atoms with Gasteiger partial charge in [0.15, 0.2) is 5.16 Å². The molecule has 1 aromatic rings. The largest absolute Gasteiger partial charge is 0.457 e. The number of thioether (sulfide) groups is 1. The molecule has 0 unspecified atom stereocenters. The van der Waals surface area contributed by atoms with Crippen molar-refractivity contribution in [2.75, 3.05) is 18.0 Å². The third-order valence-corrected chi connectivity index (χ3v) is 3.16. The summed E-state index contributed by atoms with van der Waals surface area (Å²) in [5.74, 6) is 1.54. The highest BCUT2D eigenvalue weighted by atomic mass is 35.5. The van der Waals surface area contributed by atoms with E-state index in [1.165, 1.54) is 11.8 Å². The average Bonchev–Trinajstić information content (AvgIpc) is 2.35. The van der Waals surface area contributed by atoms with Crippen LogP contribution in [0.3, 0.4) is 0 Å². The smallest absolute Gasteiger partial charge is 0.321 e. The maximum absolute atomic E-state index is 5.71. The summed E-state index contributed by atoms with van der Waals surface area (Å²) in [7, 11) is 0. The van der Waals surface area contributed by atoms with Crippen LogP contribution in [0, 0.1) is 0 Å². The Labute approximate surface area is 115 Å². The molecule has 0 amide bonds. The summed E-state index contributed by atoms with van der Waals surface area (Å²) in [6.45, 7) is 4.04. The number of aromatic nitrogens is 3. The number of halogens is 2. The van der Waals surface area contributed by atoms with Crippen LogP contribution in [0.15, 0.2) is 5.16 Å². The first-order valence-electron chi connectivity index (χ1n) is 5.19. The lowest BCUT2D eigenvalue weighted by molar-refractivity contribution is 0.223. The molecule has 4 nitrogen and oxygen atoms in total. The van der Waals surface area contributed by atoms with Gasteiger partial charge in [-0.15, -0.1) is 23.2 Å². The lowest BCUT2D eigenvalue weighted by atomic mass is 10.2. The lowest BCUT2D eigenvalue weighted by Crippen LogP contribution is -2.22. The molecule has 0 aliphatic rings. The van der Waals surface area contributed by atoms with E-state index in [0.29, 0.717) is 28.8 Å². The third-order valence-electron chi connectivity index (χ3n) is 1.93. The number of alkyl halides is 2. The maximum Gasteiger partial charge on any atom is 0.321 e. The highest BCUT2D eigenvalue weighted by Gasteiger charge is 2.14. The van der Waals surface area contributed by atoms with Gasteiger partial charge in [0.1, 0.15) is 11.9 Å². The van der Waals surface area contributed by atoms with Crippen molar-refractivity contribution in [3.8, 4) is 6.01 Å². The van der Waals surface area contributed by atoms with Gasteiger partial charge in [0.05, 0.1) is 11.8 Å². The number of hydrogen-bond acceptors (Lipinski definition) is 5. The molecule has 1 rings (SSSR count). The second kappa shape index (κ2) is 7.24. The van der Waals surface area contributed by atoms with Crippen LogP contribution in [0.2, 0.25) is 0 Å². The fourth-order valence-electron chi connectivity index (χ4n) is 1.01.